The number of hydrogen-bond donors (Lipinski definition) is 1. The molecule has 0 spiro atoms. The molecular formula is C23H28N4O2. The standard InChI is InChI=1S/C23H28N4O2/c1-18-8-2-4-10-20(18)26-16-14-25(15-17-26)12-6-7-13-27-21-11-5-3-9-19(21)22(28)24-23(27)29/h2-5,8-11H,6-7,12-17H2,1H3,(H,24,28,29). The highest BCUT2D eigenvalue weighted by Crippen LogP contribution is 2.20. The zero-order valence-electron chi connectivity index (χ0n) is 16.9. The highest BCUT2D eigenvalue weighted by molar-refractivity contribution is 5.77. The third-order valence-corrected chi connectivity index (χ3v) is 5.84. The first-order valence-electron chi connectivity index (χ1n) is 10.4. The lowest BCUT2D eigenvalue weighted by Crippen LogP contribution is -2.46. The fourth-order valence-corrected chi connectivity index (χ4v) is 4.20. The summed E-state index contributed by atoms with van der Waals surface area (Å²) >= 11 is 0. The number of aryl methyl sites for hydroxylation is 2. The van der Waals surface area contributed by atoms with E-state index in [0.717, 1.165) is 45.6 Å². The van der Waals surface area contributed by atoms with Crippen molar-refractivity contribution in [1.82, 2.24) is 14.5 Å². The monoisotopic (exact) mass is 392 g/mol. The van der Waals surface area contributed by atoms with Crippen LogP contribution in [-0.2, 0) is 6.54 Å². The first-order chi connectivity index (χ1) is 14.1. The maximum absolute atomic E-state index is 12.2. The van der Waals surface area contributed by atoms with Gasteiger partial charge in [0, 0.05) is 38.4 Å². The summed E-state index contributed by atoms with van der Waals surface area (Å²) in [7, 11) is 0. The van der Waals surface area contributed by atoms with Crippen molar-refractivity contribution in [3.63, 3.8) is 0 Å². The summed E-state index contributed by atoms with van der Waals surface area (Å²) in [5.74, 6) is 0. The summed E-state index contributed by atoms with van der Waals surface area (Å²) in [5.41, 5.74) is 2.76. The Morgan fingerprint density at radius 1 is 0.862 bits per heavy atom. The summed E-state index contributed by atoms with van der Waals surface area (Å²) in [6.45, 7) is 8.07. The number of anilines is 1. The second-order valence-corrected chi connectivity index (χ2v) is 7.75. The molecule has 3 aromatic rings. The summed E-state index contributed by atoms with van der Waals surface area (Å²) in [6.07, 6.45) is 1.94. The molecule has 6 nitrogen and oxygen atoms in total. The predicted molar refractivity (Wildman–Crippen MR) is 118 cm³/mol. The largest absolute Gasteiger partial charge is 0.369 e. The molecule has 0 atom stereocenters. The van der Waals surface area contributed by atoms with Crippen LogP contribution in [0, 0.1) is 6.92 Å². The van der Waals surface area contributed by atoms with E-state index in [-0.39, 0.29) is 11.2 Å². The van der Waals surface area contributed by atoms with Crippen LogP contribution in [0.3, 0.4) is 0 Å². The molecule has 0 aliphatic carbocycles. The summed E-state index contributed by atoms with van der Waals surface area (Å²) < 4.78 is 1.69. The van der Waals surface area contributed by atoms with Gasteiger partial charge in [0.1, 0.15) is 0 Å². The maximum atomic E-state index is 12.2. The Bertz CT molecular complexity index is 1090. The molecule has 0 saturated carbocycles. The van der Waals surface area contributed by atoms with Gasteiger partial charge in [-0.3, -0.25) is 19.2 Å². The molecule has 1 saturated heterocycles. The van der Waals surface area contributed by atoms with Crippen molar-refractivity contribution in [2.24, 2.45) is 0 Å². The number of nitrogens with one attached hydrogen (secondary N) is 1. The van der Waals surface area contributed by atoms with Gasteiger partial charge in [-0.25, -0.2) is 4.79 Å². The van der Waals surface area contributed by atoms with Crippen LogP contribution in [0.25, 0.3) is 10.9 Å². The lowest BCUT2D eigenvalue weighted by atomic mass is 10.1. The highest BCUT2D eigenvalue weighted by Gasteiger charge is 2.17. The molecule has 1 fully saturated rings. The van der Waals surface area contributed by atoms with Gasteiger partial charge in [0.25, 0.3) is 5.56 Å². The molecule has 1 aromatic heterocycles. The number of fused-ring (bicyclic) bond motifs is 1. The SMILES string of the molecule is Cc1ccccc1N1CCN(CCCCn2c(=O)[nH]c(=O)c3ccccc32)CC1. The van der Waals surface area contributed by atoms with E-state index in [1.807, 2.05) is 18.2 Å². The molecule has 1 aliphatic heterocycles. The fourth-order valence-electron chi connectivity index (χ4n) is 4.20. The van der Waals surface area contributed by atoms with E-state index >= 15 is 0 Å². The fraction of sp³-hybridized carbons (Fsp3) is 0.391. The molecule has 1 N–H and O–H groups in total. The molecule has 2 aromatic carbocycles. The average Bonchev–Trinajstić information content (AvgIpc) is 2.74. The van der Waals surface area contributed by atoms with E-state index in [9.17, 15) is 9.59 Å². The zero-order chi connectivity index (χ0) is 20.2. The number of rotatable bonds is 6. The minimum atomic E-state index is -0.319. The van der Waals surface area contributed by atoms with Gasteiger partial charge in [0.05, 0.1) is 10.9 Å². The number of piperazine rings is 1. The number of para-hydroxylation sites is 2. The molecule has 2 heterocycles. The average molecular weight is 393 g/mol. The van der Waals surface area contributed by atoms with Crippen LogP contribution >= 0.6 is 0 Å². The van der Waals surface area contributed by atoms with E-state index in [1.165, 1.54) is 11.3 Å². The number of nitrogens with zero attached hydrogens (tertiary/aromatic N) is 3. The number of hydrogen-bond acceptors (Lipinski definition) is 4. The Labute approximate surface area is 170 Å². The predicted octanol–water partition coefficient (Wildman–Crippen LogP) is 2.60. The van der Waals surface area contributed by atoms with Gasteiger partial charge in [-0.1, -0.05) is 30.3 Å². The molecule has 152 valence electrons. The Hall–Kier alpha value is -2.86. The molecule has 0 unspecified atom stereocenters. The van der Waals surface area contributed by atoms with Crippen molar-refractivity contribution in [3.05, 3.63) is 74.9 Å². The second-order valence-electron chi connectivity index (χ2n) is 7.75. The van der Waals surface area contributed by atoms with Crippen molar-refractivity contribution in [3.8, 4) is 0 Å². The van der Waals surface area contributed by atoms with E-state index in [2.05, 4.69) is 46.0 Å². The Balaban J connectivity index is 1.29. The van der Waals surface area contributed by atoms with Crippen molar-refractivity contribution in [2.75, 3.05) is 37.6 Å². The topological polar surface area (TPSA) is 61.3 Å². The van der Waals surface area contributed by atoms with Crippen molar-refractivity contribution in [2.45, 2.75) is 26.3 Å². The Kier molecular flexibility index (Phi) is 5.81. The van der Waals surface area contributed by atoms with Crippen LogP contribution in [0.5, 0.6) is 0 Å². The molecule has 0 bridgehead atoms. The van der Waals surface area contributed by atoms with E-state index in [4.69, 9.17) is 0 Å². The molecule has 0 radical (unpaired) electrons. The van der Waals surface area contributed by atoms with Gasteiger partial charge in [0.15, 0.2) is 0 Å². The minimum absolute atomic E-state index is 0.312. The van der Waals surface area contributed by atoms with Gasteiger partial charge in [-0.15, -0.1) is 0 Å². The van der Waals surface area contributed by atoms with Gasteiger partial charge in [-0.05, 0) is 50.1 Å². The third-order valence-electron chi connectivity index (χ3n) is 5.84. The van der Waals surface area contributed by atoms with Gasteiger partial charge in [0.2, 0.25) is 0 Å². The van der Waals surface area contributed by atoms with E-state index in [1.54, 1.807) is 10.6 Å². The highest BCUT2D eigenvalue weighted by atomic mass is 16.2. The lowest BCUT2D eigenvalue weighted by molar-refractivity contribution is 0.251. The quantitative estimate of drug-likeness (QED) is 0.655. The number of aromatic amines is 1. The van der Waals surface area contributed by atoms with E-state index < -0.39 is 0 Å². The number of unbranched alkanes of at least 4 members (excludes halogenated alkanes) is 1. The van der Waals surface area contributed by atoms with Gasteiger partial charge in [-0.2, -0.15) is 0 Å². The van der Waals surface area contributed by atoms with Gasteiger partial charge >= 0.3 is 5.69 Å². The van der Waals surface area contributed by atoms with Crippen LogP contribution in [-0.4, -0.2) is 47.2 Å². The van der Waals surface area contributed by atoms with E-state index in [0.29, 0.717) is 17.4 Å². The molecule has 4 rings (SSSR count). The molecule has 6 heteroatoms. The first-order valence-corrected chi connectivity index (χ1v) is 10.4. The van der Waals surface area contributed by atoms with Crippen LogP contribution in [0.15, 0.2) is 58.1 Å². The second kappa shape index (κ2) is 8.66. The zero-order valence-corrected chi connectivity index (χ0v) is 16.9. The van der Waals surface area contributed by atoms with Crippen molar-refractivity contribution in [1.29, 1.82) is 0 Å². The molecule has 0 amide bonds. The normalized spacial score (nSPS) is 15.1. The summed E-state index contributed by atoms with van der Waals surface area (Å²) in [5, 5.41) is 0.569. The first kappa shape index (κ1) is 19.5. The number of H-pyrrole nitrogens is 1. The number of benzene rings is 2. The molecule has 29 heavy (non-hydrogen) atoms. The maximum Gasteiger partial charge on any atom is 0.328 e. The minimum Gasteiger partial charge on any atom is -0.369 e. The van der Waals surface area contributed by atoms with Crippen LogP contribution < -0.4 is 16.1 Å². The van der Waals surface area contributed by atoms with Crippen molar-refractivity contribution >= 4 is 16.6 Å². The summed E-state index contributed by atoms with van der Waals surface area (Å²) in [4.78, 5) is 31.6. The molecule has 1 aliphatic rings. The Morgan fingerprint density at radius 2 is 1.55 bits per heavy atom. The van der Waals surface area contributed by atoms with Crippen LogP contribution in [0.1, 0.15) is 18.4 Å². The third kappa shape index (κ3) is 4.27. The van der Waals surface area contributed by atoms with Crippen LogP contribution in [0.2, 0.25) is 0 Å². The smallest absolute Gasteiger partial charge is 0.328 e. The lowest BCUT2D eigenvalue weighted by Gasteiger charge is -2.36. The van der Waals surface area contributed by atoms with Gasteiger partial charge < -0.3 is 4.90 Å². The Morgan fingerprint density at radius 3 is 2.34 bits per heavy atom. The van der Waals surface area contributed by atoms with Crippen LogP contribution in [0.4, 0.5) is 5.69 Å². The van der Waals surface area contributed by atoms with Crippen molar-refractivity contribution < 1.29 is 0 Å². The summed E-state index contributed by atoms with van der Waals surface area (Å²) in [6, 6.07) is 15.9. The number of aromatic nitrogens is 2. The molecular weight excluding hydrogens is 364 g/mol.